The van der Waals surface area contributed by atoms with Gasteiger partial charge in [0.2, 0.25) is 5.82 Å². The van der Waals surface area contributed by atoms with Crippen molar-refractivity contribution < 1.29 is 10.0 Å². The maximum atomic E-state index is 11.2. The molecule has 0 bridgehead atoms. The first-order valence-corrected chi connectivity index (χ1v) is 8.08. The summed E-state index contributed by atoms with van der Waals surface area (Å²) in [5, 5.41) is 21.5. The van der Waals surface area contributed by atoms with E-state index in [1.54, 1.807) is 18.6 Å². The third kappa shape index (κ3) is 3.35. The summed E-state index contributed by atoms with van der Waals surface area (Å²) in [4.78, 5) is 23.9. The SMILES string of the molecule is O=[N+]([O-])c1cc(Br)cnc1N1CCC(C(O)c2ncc[nH]2)CC1. The summed E-state index contributed by atoms with van der Waals surface area (Å²) in [6.07, 6.45) is 5.66. The monoisotopic (exact) mass is 381 g/mol. The molecule has 3 rings (SSSR count). The molecule has 0 aromatic carbocycles. The standard InChI is InChI=1S/C14H16BrN5O3/c15-10-7-11(20(22)23)14(18-8-10)19-5-1-9(2-6-19)12(21)13-16-3-4-17-13/h3-4,7-9,12,21H,1-2,5-6H2,(H,16,17). The number of anilines is 1. The average Bonchev–Trinajstić information content (AvgIpc) is 3.09. The fraction of sp³-hybridized carbons (Fsp3) is 0.429. The summed E-state index contributed by atoms with van der Waals surface area (Å²) < 4.78 is 0.580. The van der Waals surface area contributed by atoms with Gasteiger partial charge in [0.05, 0.1) is 4.92 Å². The van der Waals surface area contributed by atoms with Crippen molar-refractivity contribution in [3.63, 3.8) is 0 Å². The molecule has 0 spiro atoms. The molecule has 1 saturated heterocycles. The van der Waals surface area contributed by atoms with Gasteiger partial charge in [-0.25, -0.2) is 9.97 Å². The van der Waals surface area contributed by atoms with E-state index in [1.807, 2.05) is 4.90 Å². The summed E-state index contributed by atoms with van der Waals surface area (Å²) in [7, 11) is 0. The van der Waals surface area contributed by atoms with E-state index in [1.165, 1.54) is 6.07 Å². The minimum absolute atomic E-state index is 0.00981. The van der Waals surface area contributed by atoms with Gasteiger partial charge in [-0.1, -0.05) is 0 Å². The first-order valence-electron chi connectivity index (χ1n) is 7.28. The molecule has 122 valence electrons. The van der Waals surface area contributed by atoms with E-state index in [0.29, 0.717) is 29.2 Å². The highest BCUT2D eigenvalue weighted by molar-refractivity contribution is 9.10. The van der Waals surface area contributed by atoms with Crippen molar-refractivity contribution in [3.05, 3.63) is 45.1 Å². The highest BCUT2D eigenvalue weighted by atomic mass is 79.9. The number of imidazole rings is 1. The Balaban J connectivity index is 1.71. The fourth-order valence-electron chi connectivity index (χ4n) is 2.89. The van der Waals surface area contributed by atoms with E-state index in [9.17, 15) is 15.2 Å². The van der Waals surface area contributed by atoms with Crippen LogP contribution in [-0.2, 0) is 0 Å². The Kier molecular flexibility index (Phi) is 4.58. The summed E-state index contributed by atoms with van der Waals surface area (Å²) >= 11 is 3.21. The van der Waals surface area contributed by atoms with Gasteiger partial charge >= 0.3 is 5.69 Å². The van der Waals surface area contributed by atoms with Gasteiger partial charge in [-0.2, -0.15) is 0 Å². The van der Waals surface area contributed by atoms with Gasteiger partial charge in [0, 0.05) is 42.2 Å². The molecule has 0 aliphatic carbocycles. The van der Waals surface area contributed by atoms with E-state index < -0.39 is 11.0 Å². The molecule has 2 aromatic rings. The van der Waals surface area contributed by atoms with E-state index in [-0.39, 0.29) is 11.6 Å². The smallest absolute Gasteiger partial charge is 0.312 e. The molecule has 23 heavy (non-hydrogen) atoms. The lowest BCUT2D eigenvalue weighted by molar-refractivity contribution is -0.384. The van der Waals surface area contributed by atoms with Gasteiger partial charge in [-0.15, -0.1) is 0 Å². The Morgan fingerprint density at radius 1 is 1.43 bits per heavy atom. The first-order chi connectivity index (χ1) is 11.1. The van der Waals surface area contributed by atoms with Gasteiger partial charge in [0.1, 0.15) is 11.9 Å². The zero-order chi connectivity index (χ0) is 16.4. The molecular weight excluding hydrogens is 366 g/mol. The van der Waals surface area contributed by atoms with Crippen molar-refractivity contribution in [2.24, 2.45) is 5.92 Å². The predicted molar refractivity (Wildman–Crippen MR) is 87.1 cm³/mol. The topological polar surface area (TPSA) is 108 Å². The lowest BCUT2D eigenvalue weighted by Crippen LogP contribution is -2.36. The van der Waals surface area contributed by atoms with Crippen LogP contribution in [0, 0.1) is 16.0 Å². The van der Waals surface area contributed by atoms with E-state index in [2.05, 4.69) is 30.9 Å². The number of hydrogen-bond donors (Lipinski definition) is 2. The maximum absolute atomic E-state index is 11.2. The molecule has 0 radical (unpaired) electrons. The molecule has 3 heterocycles. The minimum atomic E-state index is -0.639. The van der Waals surface area contributed by atoms with Gasteiger partial charge < -0.3 is 15.0 Å². The second-order valence-corrected chi connectivity index (χ2v) is 6.41. The highest BCUT2D eigenvalue weighted by Gasteiger charge is 2.30. The molecule has 1 aliphatic heterocycles. The molecule has 1 unspecified atom stereocenters. The van der Waals surface area contributed by atoms with Crippen molar-refractivity contribution in [1.82, 2.24) is 15.0 Å². The van der Waals surface area contributed by atoms with Gasteiger partial charge in [-0.05, 0) is 34.7 Å². The lowest BCUT2D eigenvalue weighted by atomic mass is 9.91. The molecule has 1 aliphatic rings. The van der Waals surface area contributed by atoms with Crippen LogP contribution in [0.1, 0.15) is 24.8 Å². The minimum Gasteiger partial charge on any atom is -0.385 e. The van der Waals surface area contributed by atoms with Gasteiger partial charge in [0.25, 0.3) is 0 Å². The number of aliphatic hydroxyl groups is 1. The number of H-pyrrole nitrogens is 1. The highest BCUT2D eigenvalue weighted by Crippen LogP contribution is 2.34. The molecule has 1 fully saturated rings. The van der Waals surface area contributed by atoms with Crippen LogP contribution >= 0.6 is 15.9 Å². The molecule has 0 amide bonds. The largest absolute Gasteiger partial charge is 0.385 e. The van der Waals surface area contributed by atoms with Crippen LogP contribution in [0.25, 0.3) is 0 Å². The quantitative estimate of drug-likeness (QED) is 0.621. The summed E-state index contributed by atoms with van der Waals surface area (Å²) in [5.74, 6) is 1.02. The van der Waals surface area contributed by atoms with Gasteiger partial charge in [-0.3, -0.25) is 10.1 Å². The molecule has 1 atom stereocenters. The number of piperidine rings is 1. The predicted octanol–water partition coefficient (Wildman–Crippen LogP) is 2.43. The number of pyridine rings is 1. The third-order valence-electron chi connectivity index (χ3n) is 4.10. The van der Waals surface area contributed by atoms with Crippen LogP contribution in [0.15, 0.2) is 29.1 Å². The molecule has 9 heteroatoms. The van der Waals surface area contributed by atoms with Crippen molar-refractivity contribution in [3.8, 4) is 0 Å². The Hall–Kier alpha value is -2.00. The van der Waals surface area contributed by atoms with Crippen molar-refractivity contribution >= 4 is 27.4 Å². The molecule has 8 nitrogen and oxygen atoms in total. The second-order valence-electron chi connectivity index (χ2n) is 5.50. The number of nitrogens with one attached hydrogen (secondary N) is 1. The zero-order valence-electron chi connectivity index (χ0n) is 12.2. The number of rotatable bonds is 4. The average molecular weight is 382 g/mol. The van der Waals surface area contributed by atoms with Crippen LogP contribution in [-0.4, -0.2) is 38.1 Å². The fourth-order valence-corrected chi connectivity index (χ4v) is 3.21. The van der Waals surface area contributed by atoms with Crippen molar-refractivity contribution in [1.29, 1.82) is 0 Å². The summed E-state index contributed by atoms with van der Waals surface area (Å²) in [5.41, 5.74) is -0.00981. The van der Waals surface area contributed by atoms with E-state index in [0.717, 1.165) is 12.8 Å². The summed E-state index contributed by atoms with van der Waals surface area (Å²) in [6.45, 7) is 1.22. The molecule has 2 N–H and O–H groups in total. The Morgan fingerprint density at radius 2 is 2.17 bits per heavy atom. The molecular formula is C14H16BrN5O3. The number of hydrogen-bond acceptors (Lipinski definition) is 6. The third-order valence-corrected chi connectivity index (χ3v) is 4.53. The maximum Gasteiger partial charge on any atom is 0.312 e. The number of aromatic nitrogens is 3. The number of aromatic amines is 1. The number of aliphatic hydroxyl groups excluding tert-OH is 1. The van der Waals surface area contributed by atoms with E-state index in [4.69, 9.17) is 0 Å². The van der Waals surface area contributed by atoms with Crippen LogP contribution in [0.4, 0.5) is 11.5 Å². The number of nitro groups is 1. The number of halogens is 1. The Bertz CT molecular complexity index is 686. The first kappa shape index (κ1) is 15.9. The lowest BCUT2D eigenvalue weighted by Gasteiger charge is -2.34. The van der Waals surface area contributed by atoms with Crippen molar-refractivity contribution in [2.45, 2.75) is 18.9 Å². The Morgan fingerprint density at radius 3 is 2.78 bits per heavy atom. The normalized spacial score (nSPS) is 17.2. The number of nitrogens with zero attached hydrogens (tertiary/aromatic N) is 4. The molecule has 0 saturated carbocycles. The Labute approximate surface area is 140 Å². The van der Waals surface area contributed by atoms with Crippen LogP contribution in [0.2, 0.25) is 0 Å². The summed E-state index contributed by atoms with van der Waals surface area (Å²) in [6, 6.07) is 1.46. The second kappa shape index (κ2) is 6.63. The zero-order valence-corrected chi connectivity index (χ0v) is 13.8. The van der Waals surface area contributed by atoms with Gasteiger partial charge in [0.15, 0.2) is 0 Å². The molecule has 2 aromatic heterocycles. The van der Waals surface area contributed by atoms with Crippen LogP contribution < -0.4 is 4.90 Å². The van der Waals surface area contributed by atoms with E-state index >= 15 is 0 Å². The van der Waals surface area contributed by atoms with Crippen molar-refractivity contribution in [2.75, 3.05) is 18.0 Å². The van der Waals surface area contributed by atoms with Crippen LogP contribution in [0.5, 0.6) is 0 Å². The van der Waals surface area contributed by atoms with Crippen LogP contribution in [0.3, 0.4) is 0 Å².